The summed E-state index contributed by atoms with van der Waals surface area (Å²) in [6, 6.07) is 5.94. The fourth-order valence-corrected chi connectivity index (χ4v) is 5.48. The molecule has 14 heteroatoms. The van der Waals surface area contributed by atoms with Crippen molar-refractivity contribution in [2.45, 2.75) is 62.5 Å². The number of hydrogen-bond donors (Lipinski definition) is 3. The molecule has 3 aliphatic rings. The lowest BCUT2D eigenvalue weighted by Gasteiger charge is -2.33. The first-order valence-electron chi connectivity index (χ1n) is 13.3. The molecule has 8 nitrogen and oxygen atoms in total. The number of nitrogens with two attached hydrogens (primary N) is 1. The fraction of sp³-hybridized carbons (Fsp3) is 0.615. The summed E-state index contributed by atoms with van der Waals surface area (Å²) < 4.78 is 85.4. The summed E-state index contributed by atoms with van der Waals surface area (Å²) in [5, 5.41) is 12.6. The number of hydrogen-bond acceptors (Lipinski definition) is 8. The summed E-state index contributed by atoms with van der Waals surface area (Å²) in [6.07, 6.45) is -7.50. The van der Waals surface area contributed by atoms with Gasteiger partial charge in [-0.3, -0.25) is 5.32 Å². The summed E-state index contributed by atoms with van der Waals surface area (Å²) >= 11 is 0. The smallest absolute Gasteiger partial charge is 0.396 e. The fourth-order valence-electron chi connectivity index (χ4n) is 5.48. The third-order valence-electron chi connectivity index (χ3n) is 7.76. The lowest BCUT2D eigenvalue weighted by atomic mass is 9.98. The molecule has 3 fully saturated rings. The molecule has 4 N–H and O–H groups in total. The summed E-state index contributed by atoms with van der Waals surface area (Å²) in [4.78, 5) is 11.2. The van der Waals surface area contributed by atoms with Crippen molar-refractivity contribution in [2.75, 3.05) is 42.6 Å². The Morgan fingerprint density at radius 2 is 1.68 bits per heavy atom. The SMILES string of the molecule is N[C@@H]1CC(C2OC2NCCc2ccc(C(F)(F)F)cc2)N(c2cc(N3CCC(CO)CC3)nc(C(F)(F)F)n2)C1. The number of aromatic nitrogens is 2. The first-order valence-corrected chi connectivity index (χ1v) is 13.3. The quantitative estimate of drug-likeness (QED) is 0.327. The van der Waals surface area contributed by atoms with Gasteiger partial charge in [-0.1, -0.05) is 12.1 Å². The van der Waals surface area contributed by atoms with Crippen molar-refractivity contribution in [3.05, 3.63) is 47.3 Å². The molecule has 0 bridgehead atoms. The molecule has 0 amide bonds. The first-order chi connectivity index (χ1) is 18.9. The number of nitrogens with zero attached hydrogens (tertiary/aromatic N) is 4. The summed E-state index contributed by atoms with van der Waals surface area (Å²) in [5.41, 5.74) is 6.25. The van der Waals surface area contributed by atoms with Crippen LogP contribution in [0.3, 0.4) is 0 Å². The number of nitrogens with one attached hydrogen (secondary N) is 1. The van der Waals surface area contributed by atoms with E-state index in [-0.39, 0.29) is 48.6 Å². The van der Waals surface area contributed by atoms with Crippen molar-refractivity contribution in [3.8, 4) is 0 Å². The third kappa shape index (κ3) is 6.61. The van der Waals surface area contributed by atoms with Crippen molar-refractivity contribution < 1.29 is 36.2 Å². The number of rotatable bonds is 8. The number of alkyl halides is 6. The molecule has 2 aromatic rings. The Labute approximate surface area is 227 Å². The average Bonchev–Trinajstić information content (AvgIpc) is 3.58. The molecule has 0 aliphatic carbocycles. The van der Waals surface area contributed by atoms with Crippen LogP contribution in [0.1, 0.15) is 36.2 Å². The van der Waals surface area contributed by atoms with E-state index in [0.717, 1.165) is 17.7 Å². The molecule has 4 atom stereocenters. The lowest BCUT2D eigenvalue weighted by molar-refractivity contribution is -0.144. The second-order valence-corrected chi connectivity index (χ2v) is 10.7. The first kappa shape index (κ1) is 28.8. The minimum atomic E-state index is -4.73. The highest BCUT2D eigenvalue weighted by atomic mass is 19.4. The maximum Gasteiger partial charge on any atom is 0.451 e. The molecule has 5 rings (SSSR count). The number of benzene rings is 1. The number of aliphatic hydroxyl groups is 1. The van der Waals surface area contributed by atoms with E-state index in [1.807, 2.05) is 0 Å². The Balaban J connectivity index is 1.25. The van der Waals surface area contributed by atoms with Crippen LogP contribution in [0.25, 0.3) is 0 Å². The zero-order valence-corrected chi connectivity index (χ0v) is 21.6. The molecule has 1 aromatic heterocycles. The highest BCUT2D eigenvalue weighted by Gasteiger charge is 2.51. The van der Waals surface area contributed by atoms with Gasteiger partial charge in [-0.05, 0) is 49.3 Å². The van der Waals surface area contributed by atoms with E-state index >= 15 is 0 Å². The van der Waals surface area contributed by atoms with Crippen molar-refractivity contribution in [2.24, 2.45) is 11.7 Å². The molecule has 0 saturated carbocycles. The molecule has 0 spiro atoms. The van der Waals surface area contributed by atoms with Gasteiger partial charge in [0.15, 0.2) is 0 Å². The topological polar surface area (TPSA) is 103 Å². The zero-order valence-electron chi connectivity index (χ0n) is 21.6. The van der Waals surface area contributed by atoms with Crippen LogP contribution in [0.5, 0.6) is 0 Å². The Bertz CT molecular complexity index is 1160. The van der Waals surface area contributed by atoms with Crippen molar-refractivity contribution >= 4 is 11.6 Å². The van der Waals surface area contributed by atoms with Gasteiger partial charge in [-0.25, -0.2) is 9.97 Å². The van der Waals surface area contributed by atoms with E-state index in [1.165, 1.54) is 12.1 Å². The van der Waals surface area contributed by atoms with Crippen molar-refractivity contribution in [1.82, 2.24) is 15.3 Å². The van der Waals surface area contributed by atoms with E-state index in [2.05, 4.69) is 15.3 Å². The number of epoxide rings is 1. The van der Waals surface area contributed by atoms with E-state index in [1.54, 1.807) is 15.9 Å². The largest absolute Gasteiger partial charge is 0.451 e. The summed E-state index contributed by atoms with van der Waals surface area (Å²) in [7, 11) is 0. The highest BCUT2D eigenvalue weighted by Crippen LogP contribution is 2.38. The third-order valence-corrected chi connectivity index (χ3v) is 7.76. The Morgan fingerprint density at radius 3 is 2.30 bits per heavy atom. The van der Waals surface area contributed by atoms with Gasteiger partial charge in [0.1, 0.15) is 24.0 Å². The Kier molecular flexibility index (Phi) is 8.15. The molecule has 3 saturated heterocycles. The van der Waals surface area contributed by atoms with Gasteiger partial charge in [-0.2, -0.15) is 26.3 Å². The lowest BCUT2D eigenvalue weighted by Crippen LogP contribution is -2.39. The predicted molar refractivity (Wildman–Crippen MR) is 135 cm³/mol. The molecular formula is C26H32F6N6O2. The second-order valence-electron chi connectivity index (χ2n) is 10.7. The molecule has 3 aliphatic heterocycles. The van der Waals surface area contributed by atoms with E-state index < -0.39 is 23.7 Å². The van der Waals surface area contributed by atoms with E-state index in [4.69, 9.17) is 10.5 Å². The number of piperidine rings is 1. The second kappa shape index (κ2) is 11.3. The predicted octanol–water partition coefficient (Wildman–Crippen LogP) is 3.19. The summed E-state index contributed by atoms with van der Waals surface area (Å²) in [5.74, 6) is -0.767. The van der Waals surface area contributed by atoms with Crippen LogP contribution in [0.2, 0.25) is 0 Å². The van der Waals surface area contributed by atoms with Crippen LogP contribution in [-0.2, 0) is 23.5 Å². The minimum Gasteiger partial charge on any atom is -0.396 e. The van der Waals surface area contributed by atoms with Gasteiger partial charge < -0.3 is 25.4 Å². The van der Waals surface area contributed by atoms with Crippen LogP contribution in [0.4, 0.5) is 38.0 Å². The van der Waals surface area contributed by atoms with Crippen LogP contribution < -0.4 is 20.9 Å². The van der Waals surface area contributed by atoms with Crippen LogP contribution in [0, 0.1) is 5.92 Å². The number of ether oxygens (including phenoxy) is 1. The molecule has 1 aromatic carbocycles. The molecule has 4 heterocycles. The van der Waals surface area contributed by atoms with Crippen molar-refractivity contribution in [1.29, 1.82) is 0 Å². The van der Waals surface area contributed by atoms with Gasteiger partial charge in [0.2, 0.25) is 5.82 Å². The van der Waals surface area contributed by atoms with Crippen LogP contribution >= 0.6 is 0 Å². The van der Waals surface area contributed by atoms with Gasteiger partial charge in [0.05, 0.1) is 11.6 Å². The molecule has 0 radical (unpaired) electrons. The van der Waals surface area contributed by atoms with E-state index in [9.17, 15) is 31.4 Å². The monoisotopic (exact) mass is 574 g/mol. The normalized spacial score (nSPS) is 26.0. The van der Waals surface area contributed by atoms with E-state index in [0.29, 0.717) is 51.9 Å². The van der Waals surface area contributed by atoms with Crippen LogP contribution in [0.15, 0.2) is 30.3 Å². The Morgan fingerprint density at radius 1 is 1.00 bits per heavy atom. The van der Waals surface area contributed by atoms with Gasteiger partial charge in [0, 0.05) is 44.9 Å². The average molecular weight is 575 g/mol. The maximum atomic E-state index is 13.8. The molecule has 3 unspecified atom stereocenters. The van der Waals surface area contributed by atoms with Gasteiger partial charge in [-0.15, -0.1) is 0 Å². The number of anilines is 2. The molecule has 220 valence electrons. The van der Waals surface area contributed by atoms with Crippen LogP contribution in [-0.4, -0.2) is 72.3 Å². The van der Waals surface area contributed by atoms with Gasteiger partial charge >= 0.3 is 12.4 Å². The Hall–Kier alpha value is -2.68. The number of aliphatic hydroxyl groups excluding tert-OH is 1. The minimum absolute atomic E-state index is 0.0466. The van der Waals surface area contributed by atoms with Gasteiger partial charge in [0.25, 0.3) is 0 Å². The highest BCUT2D eigenvalue weighted by molar-refractivity contribution is 5.53. The summed E-state index contributed by atoms with van der Waals surface area (Å²) in [6.45, 7) is 1.77. The molecule has 40 heavy (non-hydrogen) atoms. The molecular weight excluding hydrogens is 542 g/mol. The standard InChI is InChI=1S/C26H32F6N6O2/c27-25(28,29)17-3-1-15(2-4-17)5-8-34-23-22(40-23)19-11-18(33)13-38(19)21-12-20(35-24(36-21)26(30,31)32)37-9-6-16(14-39)7-10-37/h1-4,12,16,18-19,22-23,34,39H,5-11,13-14,33H2/t18-,19?,22?,23?/m1/s1. The maximum absolute atomic E-state index is 13.8. The van der Waals surface area contributed by atoms with Crippen molar-refractivity contribution in [3.63, 3.8) is 0 Å². The zero-order chi connectivity index (χ0) is 28.7. The number of halogens is 6.